The van der Waals surface area contributed by atoms with Crippen molar-refractivity contribution in [1.29, 1.82) is 0 Å². The summed E-state index contributed by atoms with van der Waals surface area (Å²) in [6, 6.07) is 0. The second-order valence-corrected chi connectivity index (χ2v) is 3.36. The number of nitrogens with zero attached hydrogens (tertiary/aromatic N) is 2. The predicted octanol–water partition coefficient (Wildman–Crippen LogP) is 1.48. The van der Waals surface area contributed by atoms with Crippen molar-refractivity contribution in [2.75, 3.05) is 13.7 Å². The monoisotopic (exact) mass is 214 g/mol. The summed E-state index contributed by atoms with van der Waals surface area (Å²) < 4.78 is 10.3. The van der Waals surface area contributed by atoms with E-state index in [0.717, 1.165) is 19.3 Å². The van der Waals surface area contributed by atoms with Crippen LogP contribution in [0.3, 0.4) is 0 Å². The highest BCUT2D eigenvalue weighted by molar-refractivity contribution is 4.91. The molecule has 0 aromatic carbocycles. The molecule has 0 saturated heterocycles. The topological polar surface area (TPSA) is 68.4 Å². The lowest BCUT2D eigenvalue weighted by molar-refractivity contribution is 0.0903. The van der Waals surface area contributed by atoms with Crippen molar-refractivity contribution >= 4 is 0 Å². The zero-order chi connectivity index (χ0) is 11.1. The summed E-state index contributed by atoms with van der Waals surface area (Å²) in [5, 5.41) is 12.5. The molecule has 0 amide bonds. The molecule has 0 bridgehead atoms. The number of aliphatic hydroxyl groups is 1. The number of hydrogen-bond acceptors (Lipinski definition) is 5. The standard InChI is InChI=1S/C10H18N2O3/c1-3-8(14-2)10-11-9(15-12-10)6-4-5-7-13/h8,13H,3-7H2,1-2H3. The largest absolute Gasteiger partial charge is 0.396 e. The van der Waals surface area contributed by atoms with Gasteiger partial charge in [-0.2, -0.15) is 4.98 Å². The third-order valence-electron chi connectivity index (χ3n) is 2.23. The second-order valence-electron chi connectivity index (χ2n) is 3.36. The molecule has 0 saturated carbocycles. The molecule has 1 atom stereocenters. The first kappa shape index (κ1) is 12.1. The Labute approximate surface area is 89.4 Å². The summed E-state index contributed by atoms with van der Waals surface area (Å²) in [6.07, 6.45) is 3.08. The summed E-state index contributed by atoms with van der Waals surface area (Å²) in [7, 11) is 1.63. The van der Waals surface area contributed by atoms with Gasteiger partial charge in [-0.25, -0.2) is 0 Å². The maximum atomic E-state index is 8.63. The average molecular weight is 214 g/mol. The fourth-order valence-corrected chi connectivity index (χ4v) is 1.34. The van der Waals surface area contributed by atoms with Crippen molar-refractivity contribution in [3.8, 4) is 0 Å². The Morgan fingerprint density at radius 2 is 2.27 bits per heavy atom. The molecule has 1 aromatic rings. The molecular weight excluding hydrogens is 196 g/mol. The van der Waals surface area contributed by atoms with Crippen LogP contribution in [-0.4, -0.2) is 29.0 Å². The van der Waals surface area contributed by atoms with E-state index in [9.17, 15) is 0 Å². The zero-order valence-electron chi connectivity index (χ0n) is 9.27. The van der Waals surface area contributed by atoms with Gasteiger partial charge in [0.2, 0.25) is 11.7 Å². The van der Waals surface area contributed by atoms with Gasteiger partial charge < -0.3 is 14.4 Å². The summed E-state index contributed by atoms with van der Waals surface area (Å²) in [5.41, 5.74) is 0. The van der Waals surface area contributed by atoms with Crippen LogP contribution in [0.25, 0.3) is 0 Å². The minimum Gasteiger partial charge on any atom is -0.396 e. The van der Waals surface area contributed by atoms with Crippen molar-refractivity contribution in [2.45, 2.75) is 38.7 Å². The molecule has 0 aliphatic heterocycles. The number of ether oxygens (including phenoxy) is 1. The maximum absolute atomic E-state index is 8.63. The van der Waals surface area contributed by atoms with E-state index in [4.69, 9.17) is 14.4 Å². The summed E-state index contributed by atoms with van der Waals surface area (Å²) in [4.78, 5) is 4.24. The van der Waals surface area contributed by atoms with Gasteiger partial charge in [-0.05, 0) is 19.3 Å². The molecule has 1 aromatic heterocycles. The van der Waals surface area contributed by atoms with Crippen molar-refractivity contribution in [1.82, 2.24) is 10.1 Å². The molecule has 5 nitrogen and oxygen atoms in total. The number of aryl methyl sites for hydroxylation is 1. The summed E-state index contributed by atoms with van der Waals surface area (Å²) >= 11 is 0. The van der Waals surface area contributed by atoms with Crippen LogP contribution in [0.1, 0.15) is 44.0 Å². The lowest BCUT2D eigenvalue weighted by Gasteiger charge is -2.05. The Hall–Kier alpha value is -0.940. The van der Waals surface area contributed by atoms with Crippen LogP contribution in [0.15, 0.2) is 4.52 Å². The van der Waals surface area contributed by atoms with Gasteiger partial charge in [-0.1, -0.05) is 12.1 Å². The minimum absolute atomic E-state index is 0.0830. The highest BCUT2D eigenvalue weighted by Crippen LogP contribution is 2.16. The number of rotatable bonds is 7. The highest BCUT2D eigenvalue weighted by atomic mass is 16.5. The van der Waals surface area contributed by atoms with Crippen molar-refractivity contribution in [2.24, 2.45) is 0 Å². The first-order valence-corrected chi connectivity index (χ1v) is 5.28. The van der Waals surface area contributed by atoms with E-state index in [1.165, 1.54) is 0 Å². The first-order chi connectivity index (χ1) is 7.31. The summed E-state index contributed by atoms with van der Waals surface area (Å²) in [6.45, 7) is 2.21. The molecule has 0 radical (unpaired) electrons. The van der Waals surface area contributed by atoms with Crippen LogP contribution in [0.2, 0.25) is 0 Å². The molecule has 5 heteroatoms. The van der Waals surface area contributed by atoms with Gasteiger partial charge in [0.05, 0.1) is 0 Å². The van der Waals surface area contributed by atoms with Gasteiger partial charge in [-0.15, -0.1) is 0 Å². The molecule has 1 N–H and O–H groups in total. The number of aromatic nitrogens is 2. The maximum Gasteiger partial charge on any atom is 0.226 e. The van der Waals surface area contributed by atoms with E-state index in [1.807, 2.05) is 6.92 Å². The van der Waals surface area contributed by atoms with E-state index >= 15 is 0 Å². The van der Waals surface area contributed by atoms with E-state index in [-0.39, 0.29) is 12.7 Å². The number of unbranched alkanes of at least 4 members (excludes halogenated alkanes) is 1. The van der Waals surface area contributed by atoms with Gasteiger partial charge in [0.15, 0.2) is 0 Å². The molecule has 1 heterocycles. The van der Waals surface area contributed by atoms with Gasteiger partial charge in [0.25, 0.3) is 0 Å². The fraction of sp³-hybridized carbons (Fsp3) is 0.800. The van der Waals surface area contributed by atoms with Gasteiger partial charge in [0, 0.05) is 20.1 Å². The van der Waals surface area contributed by atoms with Crippen molar-refractivity contribution in [3.63, 3.8) is 0 Å². The normalized spacial score (nSPS) is 13.0. The number of aliphatic hydroxyl groups excluding tert-OH is 1. The SMILES string of the molecule is CCC(OC)c1noc(CCCCO)n1. The Bertz CT molecular complexity index is 271. The third-order valence-corrected chi connectivity index (χ3v) is 2.23. The molecule has 1 rings (SSSR count). The fourth-order valence-electron chi connectivity index (χ4n) is 1.34. The Balaban J connectivity index is 2.47. The van der Waals surface area contributed by atoms with Gasteiger partial charge in [0.1, 0.15) is 6.10 Å². The number of hydrogen-bond donors (Lipinski definition) is 1. The number of methoxy groups -OCH3 is 1. The van der Waals surface area contributed by atoms with E-state index in [0.29, 0.717) is 18.1 Å². The van der Waals surface area contributed by atoms with Crippen LogP contribution in [0.5, 0.6) is 0 Å². The minimum atomic E-state index is -0.0830. The Morgan fingerprint density at radius 1 is 1.47 bits per heavy atom. The lowest BCUT2D eigenvalue weighted by atomic mass is 10.2. The average Bonchev–Trinajstić information content (AvgIpc) is 2.69. The quantitative estimate of drug-likeness (QED) is 0.696. The highest BCUT2D eigenvalue weighted by Gasteiger charge is 2.15. The molecule has 86 valence electrons. The zero-order valence-corrected chi connectivity index (χ0v) is 9.27. The van der Waals surface area contributed by atoms with Crippen molar-refractivity contribution < 1.29 is 14.4 Å². The van der Waals surface area contributed by atoms with Gasteiger partial charge >= 0.3 is 0 Å². The Morgan fingerprint density at radius 3 is 2.87 bits per heavy atom. The molecule has 1 unspecified atom stereocenters. The molecule has 0 spiro atoms. The first-order valence-electron chi connectivity index (χ1n) is 5.28. The van der Waals surface area contributed by atoms with Crippen LogP contribution >= 0.6 is 0 Å². The van der Waals surface area contributed by atoms with E-state index in [1.54, 1.807) is 7.11 Å². The molecule has 0 aliphatic carbocycles. The predicted molar refractivity (Wildman–Crippen MR) is 54.4 cm³/mol. The van der Waals surface area contributed by atoms with Crippen LogP contribution in [0.4, 0.5) is 0 Å². The molecule has 0 fully saturated rings. The van der Waals surface area contributed by atoms with Crippen molar-refractivity contribution in [3.05, 3.63) is 11.7 Å². The third kappa shape index (κ3) is 3.60. The molecule has 15 heavy (non-hydrogen) atoms. The smallest absolute Gasteiger partial charge is 0.226 e. The molecule has 0 aliphatic rings. The van der Waals surface area contributed by atoms with Crippen LogP contribution < -0.4 is 0 Å². The summed E-state index contributed by atoms with van der Waals surface area (Å²) in [5.74, 6) is 1.23. The molecular formula is C10H18N2O3. The van der Waals surface area contributed by atoms with Crippen LogP contribution in [0, 0.1) is 0 Å². The van der Waals surface area contributed by atoms with E-state index < -0.39 is 0 Å². The van der Waals surface area contributed by atoms with E-state index in [2.05, 4.69) is 10.1 Å². The lowest BCUT2D eigenvalue weighted by Crippen LogP contribution is -2.02. The Kier molecular flexibility index (Phi) is 5.28. The van der Waals surface area contributed by atoms with Gasteiger partial charge in [-0.3, -0.25) is 0 Å². The van der Waals surface area contributed by atoms with Crippen LogP contribution in [-0.2, 0) is 11.2 Å². The second kappa shape index (κ2) is 6.53.